The van der Waals surface area contributed by atoms with Crippen LogP contribution < -0.4 is 4.74 Å². The summed E-state index contributed by atoms with van der Waals surface area (Å²) in [5.41, 5.74) is 3.58. The van der Waals surface area contributed by atoms with Gasteiger partial charge >= 0.3 is 0 Å². The summed E-state index contributed by atoms with van der Waals surface area (Å²) in [5, 5.41) is 9.64. The Labute approximate surface area is 201 Å². The Morgan fingerprint density at radius 3 is 1.94 bits per heavy atom. The van der Waals surface area contributed by atoms with Crippen molar-refractivity contribution < 1.29 is 27.8 Å². The highest BCUT2D eigenvalue weighted by Gasteiger charge is 2.25. The summed E-state index contributed by atoms with van der Waals surface area (Å²) in [7, 11) is 0. The Balaban J connectivity index is 1.30. The molecule has 0 bridgehead atoms. The van der Waals surface area contributed by atoms with Crippen LogP contribution in [0.3, 0.4) is 0 Å². The molecule has 1 saturated heterocycles. The number of rotatable bonds is 7. The molecule has 2 atom stereocenters. The van der Waals surface area contributed by atoms with Crippen molar-refractivity contribution in [3.8, 4) is 28.0 Å². The summed E-state index contributed by atoms with van der Waals surface area (Å²) in [6, 6.07) is 21.4. The fraction of sp³-hybridized carbons (Fsp3) is 0.172. The van der Waals surface area contributed by atoms with E-state index in [2.05, 4.69) is 0 Å². The van der Waals surface area contributed by atoms with E-state index < -0.39 is 23.6 Å². The fourth-order valence-electron chi connectivity index (χ4n) is 3.95. The second-order valence-corrected chi connectivity index (χ2v) is 8.58. The SMILES string of the molecule is CC(O)c1ccc(-c2ccc(-c3ccc(COc4ccc(C5CO5)cc4F)cc3)c(F)c2F)cc1. The monoisotopic (exact) mass is 476 g/mol. The van der Waals surface area contributed by atoms with Crippen LogP contribution in [0.25, 0.3) is 22.3 Å². The molecule has 0 aromatic heterocycles. The van der Waals surface area contributed by atoms with Crippen molar-refractivity contribution in [1.29, 1.82) is 0 Å². The summed E-state index contributed by atoms with van der Waals surface area (Å²) in [5.74, 6) is -2.18. The number of epoxide rings is 1. The van der Waals surface area contributed by atoms with Crippen LogP contribution in [0.4, 0.5) is 13.2 Å². The van der Waals surface area contributed by atoms with Gasteiger partial charge in [0.2, 0.25) is 0 Å². The van der Waals surface area contributed by atoms with Gasteiger partial charge in [0.25, 0.3) is 0 Å². The van der Waals surface area contributed by atoms with Crippen molar-refractivity contribution in [1.82, 2.24) is 0 Å². The van der Waals surface area contributed by atoms with Crippen LogP contribution in [0.15, 0.2) is 78.9 Å². The van der Waals surface area contributed by atoms with Crippen LogP contribution in [0.5, 0.6) is 5.75 Å². The predicted molar refractivity (Wildman–Crippen MR) is 127 cm³/mol. The summed E-state index contributed by atoms with van der Waals surface area (Å²) in [6.45, 7) is 2.38. The lowest BCUT2D eigenvalue weighted by atomic mass is 9.97. The summed E-state index contributed by atoms with van der Waals surface area (Å²) >= 11 is 0. The van der Waals surface area contributed by atoms with E-state index in [1.807, 2.05) is 0 Å². The molecule has 1 fully saturated rings. The Morgan fingerprint density at radius 2 is 1.43 bits per heavy atom. The second-order valence-electron chi connectivity index (χ2n) is 8.58. The molecule has 2 unspecified atom stereocenters. The number of ether oxygens (including phenoxy) is 2. The largest absolute Gasteiger partial charge is 0.486 e. The molecule has 1 N–H and O–H groups in total. The van der Waals surface area contributed by atoms with Gasteiger partial charge in [-0.2, -0.15) is 0 Å². The molecule has 0 aliphatic carbocycles. The Hall–Kier alpha value is -3.61. The van der Waals surface area contributed by atoms with Gasteiger partial charge in [-0.05, 0) is 46.9 Å². The van der Waals surface area contributed by atoms with Crippen molar-refractivity contribution in [2.75, 3.05) is 6.61 Å². The molecule has 0 amide bonds. The van der Waals surface area contributed by atoms with Gasteiger partial charge in [0, 0.05) is 11.1 Å². The maximum atomic E-state index is 15.0. The average molecular weight is 476 g/mol. The molecular formula is C29H23F3O3. The maximum absolute atomic E-state index is 15.0. The minimum Gasteiger partial charge on any atom is -0.486 e. The zero-order valence-corrected chi connectivity index (χ0v) is 19.0. The third kappa shape index (κ3) is 4.94. The van der Waals surface area contributed by atoms with Gasteiger partial charge in [0.15, 0.2) is 23.2 Å². The summed E-state index contributed by atoms with van der Waals surface area (Å²) in [6.07, 6.45) is -0.663. The molecule has 178 valence electrons. The zero-order valence-electron chi connectivity index (χ0n) is 19.0. The van der Waals surface area contributed by atoms with Gasteiger partial charge < -0.3 is 14.6 Å². The standard InChI is InChI=1S/C29H23F3O3/c1-17(33)19-6-8-21(9-7-19)24-12-11-23(28(31)29(24)32)20-4-2-18(3-5-20)15-34-26-13-10-22(14-25(26)30)27-16-35-27/h2-14,17,27,33H,15-16H2,1H3. The first-order chi connectivity index (χ1) is 16.9. The highest BCUT2D eigenvalue weighted by Crippen LogP contribution is 2.34. The molecule has 4 aromatic rings. The van der Waals surface area contributed by atoms with Crippen LogP contribution in [0.1, 0.15) is 35.8 Å². The van der Waals surface area contributed by atoms with Crippen molar-refractivity contribution in [2.45, 2.75) is 25.7 Å². The molecule has 3 nitrogen and oxygen atoms in total. The molecule has 0 spiro atoms. The quantitative estimate of drug-likeness (QED) is 0.288. The molecule has 4 aromatic carbocycles. The molecule has 5 rings (SSSR count). The lowest BCUT2D eigenvalue weighted by Crippen LogP contribution is -1.99. The number of hydrogen-bond acceptors (Lipinski definition) is 3. The minimum absolute atomic E-state index is 0.0268. The van der Waals surface area contributed by atoms with Gasteiger partial charge in [-0.3, -0.25) is 0 Å². The van der Waals surface area contributed by atoms with E-state index in [1.54, 1.807) is 79.7 Å². The average Bonchev–Trinajstić information content (AvgIpc) is 3.71. The Morgan fingerprint density at radius 1 is 0.857 bits per heavy atom. The lowest BCUT2D eigenvalue weighted by Gasteiger charge is -2.12. The minimum atomic E-state index is -0.937. The van der Waals surface area contributed by atoms with Crippen molar-refractivity contribution in [3.05, 3.63) is 113 Å². The van der Waals surface area contributed by atoms with E-state index in [1.165, 1.54) is 6.07 Å². The Bertz CT molecular complexity index is 1350. The Kier molecular flexibility index (Phi) is 6.32. The molecule has 0 saturated carbocycles. The number of hydrogen-bond donors (Lipinski definition) is 1. The molecule has 1 heterocycles. The molecule has 1 aliphatic heterocycles. The van der Waals surface area contributed by atoms with E-state index in [9.17, 15) is 18.3 Å². The van der Waals surface area contributed by atoms with Crippen LogP contribution in [-0.2, 0) is 11.3 Å². The predicted octanol–water partition coefficient (Wildman–Crippen LogP) is 7.14. The third-order valence-corrected chi connectivity index (χ3v) is 6.11. The molecule has 1 aliphatic rings. The zero-order chi connectivity index (χ0) is 24.5. The number of halogens is 3. The second kappa shape index (κ2) is 9.56. The van der Waals surface area contributed by atoms with E-state index >= 15 is 0 Å². The molecule has 0 radical (unpaired) electrons. The fourth-order valence-corrected chi connectivity index (χ4v) is 3.95. The van der Waals surface area contributed by atoms with Gasteiger partial charge in [-0.15, -0.1) is 0 Å². The van der Waals surface area contributed by atoms with Gasteiger partial charge in [-0.25, -0.2) is 13.2 Å². The van der Waals surface area contributed by atoms with Gasteiger partial charge in [0.1, 0.15) is 12.7 Å². The molecule has 35 heavy (non-hydrogen) atoms. The summed E-state index contributed by atoms with van der Waals surface area (Å²) < 4.78 is 54.9. The molecule has 6 heteroatoms. The van der Waals surface area contributed by atoms with Crippen molar-refractivity contribution >= 4 is 0 Å². The van der Waals surface area contributed by atoms with Crippen molar-refractivity contribution in [3.63, 3.8) is 0 Å². The highest BCUT2D eigenvalue weighted by atomic mass is 19.2. The first-order valence-electron chi connectivity index (χ1n) is 11.3. The highest BCUT2D eigenvalue weighted by molar-refractivity contribution is 5.72. The van der Waals surface area contributed by atoms with Crippen molar-refractivity contribution in [2.24, 2.45) is 0 Å². The van der Waals surface area contributed by atoms with Gasteiger partial charge in [0.05, 0.1) is 12.7 Å². The molecular weight excluding hydrogens is 453 g/mol. The first-order valence-corrected chi connectivity index (χ1v) is 11.3. The van der Waals surface area contributed by atoms with E-state index in [-0.39, 0.29) is 29.6 Å². The van der Waals surface area contributed by atoms with Gasteiger partial charge in [-0.1, -0.05) is 66.7 Å². The number of aliphatic hydroxyl groups is 1. The number of benzene rings is 4. The maximum Gasteiger partial charge on any atom is 0.167 e. The first kappa shape index (κ1) is 23.1. The van der Waals surface area contributed by atoms with E-state index in [0.717, 1.165) is 11.1 Å². The third-order valence-electron chi connectivity index (χ3n) is 6.11. The van der Waals surface area contributed by atoms with Crippen LogP contribution in [0, 0.1) is 17.5 Å². The topological polar surface area (TPSA) is 42.0 Å². The van der Waals surface area contributed by atoms with E-state index in [0.29, 0.717) is 23.3 Å². The van der Waals surface area contributed by atoms with Crippen LogP contribution in [-0.4, -0.2) is 11.7 Å². The normalized spacial score (nSPS) is 15.6. The lowest BCUT2D eigenvalue weighted by molar-refractivity contribution is 0.199. The smallest absolute Gasteiger partial charge is 0.167 e. The summed E-state index contributed by atoms with van der Waals surface area (Å²) in [4.78, 5) is 0. The van der Waals surface area contributed by atoms with Crippen LogP contribution >= 0.6 is 0 Å². The van der Waals surface area contributed by atoms with E-state index in [4.69, 9.17) is 9.47 Å². The number of aliphatic hydroxyl groups excluding tert-OH is 1. The van der Waals surface area contributed by atoms with Crippen LogP contribution in [0.2, 0.25) is 0 Å².